The summed E-state index contributed by atoms with van der Waals surface area (Å²) in [4.78, 5) is 0. The lowest BCUT2D eigenvalue weighted by Gasteiger charge is -2.44. The second kappa shape index (κ2) is 10.7. The molecule has 1 atom stereocenters. The molecule has 0 spiro atoms. The van der Waals surface area contributed by atoms with Crippen molar-refractivity contribution >= 4 is 44.1 Å². The first kappa shape index (κ1) is 27.0. The summed E-state index contributed by atoms with van der Waals surface area (Å²) in [6.45, 7) is 24.5. The lowest BCUT2D eigenvalue weighted by Crippen LogP contribution is -2.61. The van der Waals surface area contributed by atoms with Crippen LogP contribution in [0.4, 0.5) is 0 Å². The first-order chi connectivity index (χ1) is 11.6. The van der Waals surface area contributed by atoms with Gasteiger partial charge in [0.1, 0.15) is 0 Å². The van der Waals surface area contributed by atoms with Gasteiger partial charge in [0.15, 0.2) is 16.6 Å². The highest BCUT2D eigenvalue weighted by Gasteiger charge is 2.51. The zero-order valence-corrected chi connectivity index (χ0v) is 24.0. The van der Waals surface area contributed by atoms with E-state index in [9.17, 15) is 0 Å². The molecule has 0 heterocycles. The normalized spacial score (nSPS) is 16.4. The Balaban J connectivity index is 5.83. The van der Waals surface area contributed by atoms with Crippen molar-refractivity contribution in [2.24, 2.45) is 11.8 Å². The summed E-state index contributed by atoms with van der Waals surface area (Å²) in [5, 5.41) is 0. The molecule has 0 aromatic carbocycles. The van der Waals surface area contributed by atoms with Gasteiger partial charge in [-0.1, -0.05) is 48.5 Å². The van der Waals surface area contributed by atoms with Gasteiger partial charge in [-0.2, -0.15) is 0 Å². The van der Waals surface area contributed by atoms with E-state index in [4.69, 9.17) is 23.4 Å². The van der Waals surface area contributed by atoms with E-state index in [0.717, 1.165) is 30.2 Å². The zero-order chi connectivity index (χ0) is 20.8. The van der Waals surface area contributed by atoms with Crippen LogP contribution in [0.15, 0.2) is 0 Å². The monoisotopic (exact) mass is 456 g/mol. The van der Waals surface area contributed by atoms with E-state index >= 15 is 0 Å². The number of hydrogen-bond acceptors (Lipinski definition) is 3. The predicted octanol–water partition coefficient (Wildman–Crippen LogP) is 7.44. The van der Waals surface area contributed by atoms with Gasteiger partial charge < -0.3 is 12.3 Å². The van der Waals surface area contributed by atoms with Crippen LogP contribution in [0.25, 0.3) is 0 Å². The van der Waals surface area contributed by atoms with Crippen molar-refractivity contribution < 1.29 is 12.3 Å². The highest BCUT2D eigenvalue weighted by Crippen LogP contribution is 2.37. The molecule has 0 aliphatic rings. The molecule has 0 aliphatic carbocycles. The second-order valence-electron chi connectivity index (χ2n) is 9.60. The topological polar surface area (TPSA) is 27.7 Å². The van der Waals surface area contributed by atoms with Gasteiger partial charge in [0.2, 0.25) is 0 Å². The molecule has 3 nitrogen and oxygen atoms in total. The Kier molecular flexibility index (Phi) is 11.1. The fourth-order valence-corrected chi connectivity index (χ4v) is 25.2. The quantitative estimate of drug-likeness (QED) is 0.213. The molecular weight excluding hydrogens is 412 g/mol. The third-order valence-electron chi connectivity index (χ3n) is 4.62. The van der Waals surface area contributed by atoms with Crippen molar-refractivity contribution in [2.45, 2.75) is 105 Å². The summed E-state index contributed by atoms with van der Waals surface area (Å²) < 4.78 is 20.4. The summed E-state index contributed by atoms with van der Waals surface area (Å²) in [6.07, 6.45) is 0. The maximum Gasteiger partial charge on any atom is 0.467 e. The fraction of sp³-hybridized carbons (Fsp3) is 1.00. The molecular formula is C18H45ClO3Si4. The molecule has 0 aromatic rings. The maximum absolute atomic E-state index is 7.22. The van der Waals surface area contributed by atoms with Crippen LogP contribution in [0.2, 0.25) is 56.4 Å². The van der Waals surface area contributed by atoms with Crippen molar-refractivity contribution in [3.05, 3.63) is 0 Å². The average molecular weight is 457 g/mol. The molecule has 0 radical (unpaired) electrons. The van der Waals surface area contributed by atoms with Gasteiger partial charge in [-0.05, 0) is 61.7 Å². The molecule has 8 heteroatoms. The Hall–Kier alpha value is 1.04. The highest BCUT2D eigenvalue weighted by atomic mass is 35.6. The minimum Gasteiger partial charge on any atom is -0.417 e. The van der Waals surface area contributed by atoms with Crippen molar-refractivity contribution in [2.75, 3.05) is 0 Å². The van der Waals surface area contributed by atoms with E-state index in [-0.39, 0.29) is 0 Å². The van der Waals surface area contributed by atoms with Crippen LogP contribution in [-0.2, 0) is 12.3 Å². The summed E-state index contributed by atoms with van der Waals surface area (Å²) in [5.41, 5.74) is 0. The van der Waals surface area contributed by atoms with Crippen LogP contribution in [0.3, 0.4) is 0 Å². The molecule has 0 amide bonds. The van der Waals surface area contributed by atoms with Crippen molar-refractivity contribution in [3.8, 4) is 0 Å². The van der Waals surface area contributed by atoms with Crippen LogP contribution in [0.5, 0.6) is 0 Å². The van der Waals surface area contributed by atoms with Gasteiger partial charge in [-0.25, -0.2) is 0 Å². The van der Waals surface area contributed by atoms with Crippen LogP contribution >= 0.6 is 11.1 Å². The average Bonchev–Trinajstić information content (AvgIpc) is 2.40. The summed E-state index contributed by atoms with van der Waals surface area (Å²) in [7, 11) is -8.87. The van der Waals surface area contributed by atoms with Crippen molar-refractivity contribution in [3.63, 3.8) is 0 Å². The van der Waals surface area contributed by atoms with E-state index in [1.54, 1.807) is 0 Å². The number of halogens is 1. The van der Waals surface area contributed by atoms with Gasteiger partial charge in [-0.3, -0.25) is 0 Å². The van der Waals surface area contributed by atoms with E-state index in [1.165, 1.54) is 0 Å². The summed E-state index contributed by atoms with van der Waals surface area (Å²) >= 11 is 7.22. The van der Waals surface area contributed by atoms with E-state index in [2.05, 4.69) is 74.7 Å². The largest absolute Gasteiger partial charge is 0.467 e. The molecule has 0 saturated carbocycles. The third-order valence-corrected chi connectivity index (χ3v) is 23.1. The molecule has 0 N–H and O–H groups in total. The van der Waals surface area contributed by atoms with Gasteiger partial charge in [-0.15, -0.1) is 11.1 Å². The van der Waals surface area contributed by atoms with Crippen molar-refractivity contribution in [1.82, 2.24) is 0 Å². The van der Waals surface area contributed by atoms with Crippen LogP contribution in [0.1, 0.15) is 48.5 Å². The van der Waals surface area contributed by atoms with Gasteiger partial charge in [0.25, 0.3) is 7.63 Å². The van der Waals surface area contributed by atoms with Crippen LogP contribution in [-0.4, -0.2) is 33.1 Å². The maximum atomic E-state index is 7.22. The molecule has 158 valence electrons. The molecule has 0 aromatic heterocycles. The Morgan fingerprint density at radius 3 is 1.35 bits per heavy atom. The lowest BCUT2D eigenvalue weighted by molar-refractivity contribution is 0.256. The Labute approximate surface area is 173 Å². The Morgan fingerprint density at radius 2 is 1.08 bits per heavy atom. The van der Waals surface area contributed by atoms with Gasteiger partial charge >= 0.3 is 8.80 Å². The van der Waals surface area contributed by atoms with Crippen molar-refractivity contribution in [1.29, 1.82) is 0 Å². The predicted molar refractivity (Wildman–Crippen MR) is 126 cm³/mol. The van der Waals surface area contributed by atoms with E-state index in [1.807, 2.05) is 0 Å². The number of rotatable bonds is 13. The Bertz CT molecular complexity index is 393. The molecule has 0 saturated heterocycles. The van der Waals surface area contributed by atoms with Crippen LogP contribution in [0, 0.1) is 11.8 Å². The third kappa shape index (κ3) is 10.00. The number of hydrogen-bond donors (Lipinski definition) is 0. The molecule has 26 heavy (non-hydrogen) atoms. The summed E-state index contributed by atoms with van der Waals surface area (Å²) in [6, 6.07) is 5.21. The highest BCUT2D eigenvalue weighted by molar-refractivity contribution is 7.19. The summed E-state index contributed by atoms with van der Waals surface area (Å²) in [5.74, 6) is 1.04. The standard InChI is InChI=1S/C18H45ClO3Si4/c1-12-25(13-2,14-3)21-24(11,20-23(8,9)10)22-26(19,15-17(4)5)16-18(6)7/h17-18H,12-16H2,1-11H3. The first-order valence-corrected chi connectivity index (χ1v) is 21.9. The molecule has 0 aliphatic heterocycles. The smallest absolute Gasteiger partial charge is 0.417 e. The van der Waals surface area contributed by atoms with E-state index in [0.29, 0.717) is 11.8 Å². The molecule has 1 unspecified atom stereocenters. The molecule has 0 rings (SSSR count). The SMILES string of the molecule is CC[Si](CC)(CC)O[Si](C)(O[Si](C)(C)C)O[Si](Cl)(CC(C)C)CC(C)C. The zero-order valence-electron chi connectivity index (χ0n) is 19.3. The molecule has 0 fully saturated rings. The second-order valence-corrected chi connectivity index (χ2v) is 27.1. The minimum absolute atomic E-state index is 0.522. The van der Waals surface area contributed by atoms with Gasteiger partial charge in [0, 0.05) is 6.55 Å². The molecule has 0 bridgehead atoms. The van der Waals surface area contributed by atoms with E-state index < -0.39 is 33.1 Å². The van der Waals surface area contributed by atoms with Crippen LogP contribution < -0.4 is 0 Å². The first-order valence-electron chi connectivity index (χ1n) is 10.4. The lowest BCUT2D eigenvalue weighted by atomic mass is 10.3. The minimum atomic E-state index is -2.80. The Morgan fingerprint density at radius 1 is 0.692 bits per heavy atom. The fourth-order valence-electron chi connectivity index (χ4n) is 3.70. The van der Waals surface area contributed by atoms with Gasteiger partial charge in [0.05, 0.1) is 0 Å².